The Labute approximate surface area is 102 Å². The number of amides is 1. The molecule has 6 nitrogen and oxygen atoms in total. The quantitative estimate of drug-likeness (QED) is 0.767. The molecule has 0 spiro atoms. The molecule has 0 aromatic carbocycles. The molecule has 1 rings (SSSR count). The predicted octanol–water partition coefficient (Wildman–Crippen LogP) is 0.957. The minimum atomic E-state index is -0.873. The Morgan fingerprint density at radius 2 is 2.19 bits per heavy atom. The minimum absolute atomic E-state index is 0.455. The number of nitrogens with zero attached hydrogens (tertiary/aromatic N) is 2. The highest BCUT2D eigenvalue weighted by Crippen LogP contribution is 2.23. The van der Waals surface area contributed by atoms with Crippen LogP contribution in [0.15, 0.2) is 10.7 Å². The molecule has 1 aromatic heterocycles. The number of hydrogen-bond acceptors (Lipinski definition) is 5. The number of carbonyl (C=O) groups excluding carboxylic acids is 1. The van der Waals surface area contributed by atoms with Crippen molar-refractivity contribution in [2.75, 3.05) is 17.7 Å². The smallest absolute Gasteiger partial charge is 0.242 e. The second kappa shape index (κ2) is 4.65. The van der Waals surface area contributed by atoms with Gasteiger partial charge in [-0.05, 0) is 29.8 Å². The minimum Gasteiger partial charge on any atom is -0.368 e. The predicted molar refractivity (Wildman–Crippen MR) is 66.2 cm³/mol. The van der Waals surface area contributed by atoms with Crippen LogP contribution in [0.25, 0.3) is 0 Å². The largest absolute Gasteiger partial charge is 0.368 e. The first kappa shape index (κ1) is 12.7. The Morgan fingerprint density at radius 3 is 2.69 bits per heavy atom. The monoisotopic (exact) mass is 287 g/mol. The van der Waals surface area contributed by atoms with Gasteiger partial charge in [0.1, 0.15) is 11.4 Å². The summed E-state index contributed by atoms with van der Waals surface area (Å²) in [6.07, 6.45) is 1.60. The lowest BCUT2D eigenvalue weighted by atomic mass is 10.1. The molecule has 0 atom stereocenters. The molecule has 0 saturated carbocycles. The van der Waals surface area contributed by atoms with E-state index in [-0.39, 0.29) is 0 Å². The Hall–Kier alpha value is -1.37. The Morgan fingerprint density at radius 1 is 1.56 bits per heavy atom. The number of rotatable bonds is 4. The molecule has 1 amide bonds. The normalized spacial score (nSPS) is 11.0. The van der Waals surface area contributed by atoms with Crippen molar-refractivity contribution in [1.29, 1.82) is 0 Å². The average Bonchev–Trinajstić information content (AvgIpc) is 2.21. The van der Waals surface area contributed by atoms with E-state index in [4.69, 9.17) is 5.73 Å². The molecule has 88 valence electrons. The van der Waals surface area contributed by atoms with E-state index in [2.05, 4.69) is 36.5 Å². The van der Waals surface area contributed by atoms with E-state index in [0.717, 1.165) is 0 Å². The van der Waals surface area contributed by atoms with Crippen molar-refractivity contribution >= 4 is 33.6 Å². The van der Waals surface area contributed by atoms with Crippen LogP contribution in [0, 0.1) is 0 Å². The molecule has 0 aliphatic carbocycles. The zero-order chi connectivity index (χ0) is 12.3. The molecule has 16 heavy (non-hydrogen) atoms. The van der Waals surface area contributed by atoms with E-state index in [9.17, 15) is 4.79 Å². The van der Waals surface area contributed by atoms with E-state index < -0.39 is 11.4 Å². The van der Waals surface area contributed by atoms with Crippen LogP contribution in [0.1, 0.15) is 13.8 Å². The Balaban J connectivity index is 3.00. The van der Waals surface area contributed by atoms with Gasteiger partial charge in [0.2, 0.25) is 11.9 Å². The second-order valence-corrected chi connectivity index (χ2v) is 4.61. The third kappa shape index (κ3) is 2.82. The van der Waals surface area contributed by atoms with Crippen LogP contribution in [-0.4, -0.2) is 28.5 Å². The van der Waals surface area contributed by atoms with E-state index in [1.165, 1.54) is 0 Å². The summed E-state index contributed by atoms with van der Waals surface area (Å²) in [4.78, 5) is 19.4. The summed E-state index contributed by atoms with van der Waals surface area (Å²) in [5.41, 5.74) is 4.39. The van der Waals surface area contributed by atoms with E-state index in [1.807, 2.05) is 0 Å². The maximum absolute atomic E-state index is 11.2. The molecular weight excluding hydrogens is 274 g/mol. The lowest BCUT2D eigenvalue weighted by Gasteiger charge is -2.23. The maximum Gasteiger partial charge on any atom is 0.242 e. The second-order valence-electron chi connectivity index (χ2n) is 3.75. The molecule has 0 fully saturated rings. The van der Waals surface area contributed by atoms with E-state index in [1.54, 1.807) is 27.1 Å². The molecule has 0 unspecified atom stereocenters. The van der Waals surface area contributed by atoms with E-state index in [0.29, 0.717) is 16.2 Å². The lowest BCUT2D eigenvalue weighted by molar-refractivity contribution is -0.121. The highest BCUT2D eigenvalue weighted by Gasteiger charge is 2.26. The van der Waals surface area contributed by atoms with Gasteiger partial charge in [-0.25, -0.2) is 4.98 Å². The van der Waals surface area contributed by atoms with Crippen LogP contribution in [0.5, 0.6) is 0 Å². The number of nitrogens with one attached hydrogen (secondary N) is 2. The SMILES string of the molecule is CNc1ncc(Br)c(NC(C)(C)C(N)=O)n1. The first-order valence-electron chi connectivity index (χ1n) is 4.65. The third-order valence-corrected chi connectivity index (χ3v) is 2.59. The van der Waals surface area contributed by atoms with Gasteiger partial charge in [-0.3, -0.25) is 4.79 Å². The van der Waals surface area contributed by atoms with Gasteiger partial charge in [0.15, 0.2) is 0 Å². The van der Waals surface area contributed by atoms with Gasteiger partial charge in [0.25, 0.3) is 0 Å². The fourth-order valence-corrected chi connectivity index (χ4v) is 1.22. The van der Waals surface area contributed by atoms with Crippen molar-refractivity contribution in [2.24, 2.45) is 5.73 Å². The zero-order valence-electron chi connectivity index (χ0n) is 9.34. The molecule has 4 N–H and O–H groups in total. The van der Waals surface area contributed by atoms with Gasteiger partial charge in [0.05, 0.1) is 4.47 Å². The van der Waals surface area contributed by atoms with Crippen LogP contribution in [0.4, 0.5) is 11.8 Å². The van der Waals surface area contributed by atoms with Gasteiger partial charge in [0, 0.05) is 13.2 Å². The van der Waals surface area contributed by atoms with Crippen LogP contribution in [0.2, 0.25) is 0 Å². The van der Waals surface area contributed by atoms with Crippen LogP contribution < -0.4 is 16.4 Å². The van der Waals surface area contributed by atoms with Gasteiger partial charge < -0.3 is 16.4 Å². The zero-order valence-corrected chi connectivity index (χ0v) is 10.9. The van der Waals surface area contributed by atoms with Crippen molar-refractivity contribution in [1.82, 2.24) is 9.97 Å². The Bertz CT molecular complexity index is 407. The molecule has 0 saturated heterocycles. The molecule has 0 aliphatic heterocycles. The summed E-state index contributed by atoms with van der Waals surface area (Å²) in [6, 6.07) is 0. The van der Waals surface area contributed by atoms with Crippen LogP contribution >= 0.6 is 15.9 Å². The summed E-state index contributed by atoms with van der Waals surface area (Å²) < 4.78 is 0.667. The molecule has 1 aromatic rings. The van der Waals surface area contributed by atoms with Crippen molar-refractivity contribution in [2.45, 2.75) is 19.4 Å². The Kier molecular flexibility index (Phi) is 3.69. The van der Waals surface area contributed by atoms with Crippen molar-refractivity contribution in [3.05, 3.63) is 10.7 Å². The number of halogens is 1. The van der Waals surface area contributed by atoms with Gasteiger partial charge in [-0.2, -0.15) is 4.98 Å². The fraction of sp³-hybridized carbons (Fsp3) is 0.444. The first-order chi connectivity index (χ1) is 7.36. The van der Waals surface area contributed by atoms with Gasteiger partial charge in [-0.1, -0.05) is 0 Å². The number of aromatic nitrogens is 2. The molecule has 1 heterocycles. The third-order valence-electron chi connectivity index (χ3n) is 2.01. The maximum atomic E-state index is 11.2. The number of hydrogen-bond donors (Lipinski definition) is 3. The number of carbonyl (C=O) groups is 1. The summed E-state index contributed by atoms with van der Waals surface area (Å²) >= 11 is 3.29. The molecule has 0 radical (unpaired) electrons. The van der Waals surface area contributed by atoms with E-state index >= 15 is 0 Å². The summed E-state index contributed by atoms with van der Waals surface area (Å²) in [5, 5.41) is 5.76. The van der Waals surface area contributed by atoms with Crippen molar-refractivity contribution in [3.63, 3.8) is 0 Å². The number of anilines is 2. The van der Waals surface area contributed by atoms with Crippen molar-refractivity contribution < 1.29 is 4.79 Å². The summed E-state index contributed by atoms with van der Waals surface area (Å²) in [7, 11) is 1.71. The highest BCUT2D eigenvalue weighted by atomic mass is 79.9. The molecule has 0 bridgehead atoms. The van der Waals surface area contributed by atoms with Gasteiger partial charge in [-0.15, -0.1) is 0 Å². The molecule has 7 heteroatoms. The van der Waals surface area contributed by atoms with Gasteiger partial charge >= 0.3 is 0 Å². The summed E-state index contributed by atoms with van der Waals surface area (Å²) in [5.74, 6) is 0.526. The standard InChI is InChI=1S/C9H14BrN5O/c1-9(2,7(11)16)15-6-5(10)4-13-8(12-3)14-6/h4H,1-3H3,(H2,11,16)(H2,12,13,14,15). The lowest BCUT2D eigenvalue weighted by Crippen LogP contribution is -2.45. The van der Waals surface area contributed by atoms with Crippen molar-refractivity contribution in [3.8, 4) is 0 Å². The molecule has 0 aliphatic rings. The molecular formula is C9H14BrN5O. The number of nitrogens with two attached hydrogens (primary N) is 1. The van der Waals surface area contributed by atoms with Crippen LogP contribution in [0.3, 0.4) is 0 Å². The summed E-state index contributed by atoms with van der Waals surface area (Å²) in [6.45, 7) is 3.37. The average molecular weight is 288 g/mol. The van der Waals surface area contributed by atoms with Crippen LogP contribution in [-0.2, 0) is 4.79 Å². The number of primary amides is 1. The fourth-order valence-electron chi connectivity index (χ4n) is 0.933. The first-order valence-corrected chi connectivity index (χ1v) is 5.44. The highest BCUT2D eigenvalue weighted by molar-refractivity contribution is 9.10. The topological polar surface area (TPSA) is 92.9 Å².